The fraction of sp³-hybridized carbons (Fsp3) is 0.688. The molecule has 6 nitrogen and oxygen atoms in total. The van der Waals surface area contributed by atoms with Gasteiger partial charge in [0.1, 0.15) is 0 Å². The molecule has 0 aromatic carbocycles. The van der Waals surface area contributed by atoms with E-state index in [1.807, 2.05) is 30.6 Å². The number of aromatic hydroxyl groups is 1. The zero-order valence-corrected chi connectivity index (χ0v) is 14.2. The van der Waals surface area contributed by atoms with E-state index in [0.29, 0.717) is 24.5 Å². The summed E-state index contributed by atoms with van der Waals surface area (Å²) in [5.74, 6) is -0.209. The molecule has 0 radical (unpaired) electrons. The van der Waals surface area contributed by atoms with Gasteiger partial charge in [-0.05, 0) is 34.1 Å². The Morgan fingerprint density at radius 1 is 1.23 bits per heavy atom. The lowest BCUT2D eigenvalue weighted by atomic mass is 10.2. The monoisotopic (exact) mass is 311 g/mol. The Morgan fingerprint density at radius 2 is 1.91 bits per heavy atom. The molecule has 0 spiro atoms. The van der Waals surface area contributed by atoms with Gasteiger partial charge in [0.05, 0.1) is 12.3 Å². The number of aliphatic hydroxyl groups is 1. The van der Waals surface area contributed by atoms with Gasteiger partial charge >= 0.3 is 0 Å². The lowest BCUT2D eigenvalue weighted by Gasteiger charge is -2.24. The molecule has 0 unspecified atom stereocenters. The van der Waals surface area contributed by atoms with E-state index in [0.717, 1.165) is 25.9 Å². The van der Waals surface area contributed by atoms with Crippen molar-refractivity contribution in [3.8, 4) is 5.75 Å². The molecule has 1 aromatic rings. The van der Waals surface area contributed by atoms with Crippen LogP contribution in [0.15, 0.2) is 10.9 Å². The number of aliphatic hydroxyl groups excluding tert-OH is 1. The molecule has 0 atom stereocenters. The van der Waals surface area contributed by atoms with E-state index in [4.69, 9.17) is 0 Å². The Balaban J connectivity index is 3.14. The van der Waals surface area contributed by atoms with Crippen LogP contribution in [0, 0.1) is 0 Å². The fourth-order valence-electron chi connectivity index (χ4n) is 2.37. The summed E-state index contributed by atoms with van der Waals surface area (Å²) in [5.41, 5.74) is 0.699. The standard InChI is InChI=1S/C16H29N3O3/c1-5-6-7-18(4)11-14-16(22)15(21)10-13(12-20)19(14)9-8-17(2)3/h10,20,22H,5-9,11-12H2,1-4H3. The first-order valence-electron chi connectivity index (χ1n) is 7.79. The average molecular weight is 311 g/mol. The molecule has 2 N–H and O–H groups in total. The minimum atomic E-state index is -0.427. The summed E-state index contributed by atoms with van der Waals surface area (Å²) in [6.07, 6.45) is 2.17. The smallest absolute Gasteiger partial charge is 0.223 e. The zero-order chi connectivity index (χ0) is 16.7. The van der Waals surface area contributed by atoms with Crippen LogP contribution < -0.4 is 5.43 Å². The molecule has 0 aliphatic carbocycles. The predicted octanol–water partition coefficient (Wildman–Crippen LogP) is 0.840. The van der Waals surface area contributed by atoms with Crippen LogP contribution in [0.3, 0.4) is 0 Å². The van der Waals surface area contributed by atoms with Crippen LogP contribution in [0.1, 0.15) is 31.2 Å². The highest BCUT2D eigenvalue weighted by molar-refractivity contribution is 5.30. The number of hydrogen-bond acceptors (Lipinski definition) is 5. The van der Waals surface area contributed by atoms with Crippen molar-refractivity contribution in [3.05, 3.63) is 27.7 Å². The van der Waals surface area contributed by atoms with Crippen molar-refractivity contribution in [3.63, 3.8) is 0 Å². The summed E-state index contributed by atoms with van der Waals surface area (Å²) >= 11 is 0. The number of likely N-dealkylation sites (N-methyl/N-ethyl adjacent to an activating group) is 1. The summed E-state index contributed by atoms with van der Waals surface area (Å²) < 4.78 is 1.86. The molecule has 0 bridgehead atoms. The number of rotatable bonds is 9. The lowest BCUT2D eigenvalue weighted by molar-refractivity contribution is 0.256. The second-order valence-corrected chi connectivity index (χ2v) is 6.00. The third-order valence-electron chi connectivity index (χ3n) is 3.72. The Labute approximate surface area is 132 Å². The van der Waals surface area contributed by atoms with E-state index >= 15 is 0 Å². The normalized spacial score (nSPS) is 11.6. The van der Waals surface area contributed by atoms with Crippen LogP contribution in [-0.4, -0.2) is 58.8 Å². The summed E-state index contributed by atoms with van der Waals surface area (Å²) in [7, 11) is 5.91. The third-order valence-corrected chi connectivity index (χ3v) is 3.72. The van der Waals surface area contributed by atoms with Crippen LogP contribution in [0.25, 0.3) is 0 Å². The van der Waals surface area contributed by atoms with E-state index in [1.54, 1.807) is 0 Å². The number of hydrogen-bond donors (Lipinski definition) is 2. The third kappa shape index (κ3) is 5.12. The minimum Gasteiger partial charge on any atom is -0.503 e. The SMILES string of the molecule is CCCCN(C)Cc1c(O)c(=O)cc(CO)n1CCN(C)C. The highest BCUT2D eigenvalue weighted by Crippen LogP contribution is 2.17. The van der Waals surface area contributed by atoms with E-state index in [-0.39, 0.29) is 12.4 Å². The van der Waals surface area contributed by atoms with Crippen molar-refractivity contribution in [2.24, 2.45) is 0 Å². The van der Waals surface area contributed by atoms with Crippen molar-refractivity contribution < 1.29 is 10.2 Å². The van der Waals surface area contributed by atoms with Crippen molar-refractivity contribution in [1.29, 1.82) is 0 Å². The maximum absolute atomic E-state index is 11.9. The summed E-state index contributed by atoms with van der Waals surface area (Å²) in [6.45, 7) is 4.69. The molecule has 0 saturated carbocycles. The van der Waals surface area contributed by atoms with Crippen molar-refractivity contribution in [2.45, 2.75) is 39.5 Å². The molecule has 0 aliphatic heterocycles. The van der Waals surface area contributed by atoms with Gasteiger partial charge in [0.2, 0.25) is 5.43 Å². The molecular formula is C16H29N3O3. The molecular weight excluding hydrogens is 282 g/mol. The molecule has 6 heteroatoms. The van der Waals surface area contributed by atoms with E-state index in [2.05, 4.69) is 11.8 Å². The van der Waals surface area contributed by atoms with E-state index < -0.39 is 5.43 Å². The number of nitrogens with zero attached hydrogens (tertiary/aromatic N) is 3. The van der Waals surface area contributed by atoms with E-state index in [1.165, 1.54) is 6.07 Å². The van der Waals surface area contributed by atoms with Gasteiger partial charge in [-0.2, -0.15) is 0 Å². The molecule has 1 aromatic heterocycles. The van der Waals surface area contributed by atoms with Crippen LogP contribution in [0.5, 0.6) is 5.75 Å². The average Bonchev–Trinajstić information content (AvgIpc) is 2.48. The maximum Gasteiger partial charge on any atom is 0.223 e. The summed E-state index contributed by atoms with van der Waals surface area (Å²) in [6, 6.07) is 1.32. The number of pyridine rings is 1. The maximum atomic E-state index is 11.9. The molecule has 0 amide bonds. The second-order valence-electron chi connectivity index (χ2n) is 6.00. The van der Waals surface area contributed by atoms with Crippen LogP contribution in [-0.2, 0) is 19.7 Å². The van der Waals surface area contributed by atoms with Gasteiger partial charge in [-0.3, -0.25) is 4.79 Å². The van der Waals surface area contributed by atoms with Gasteiger partial charge in [0, 0.05) is 31.4 Å². The quantitative estimate of drug-likeness (QED) is 0.707. The Hall–Kier alpha value is -1.37. The highest BCUT2D eigenvalue weighted by Gasteiger charge is 2.16. The molecule has 1 rings (SSSR count). The van der Waals surface area contributed by atoms with Crippen LogP contribution in [0.4, 0.5) is 0 Å². The Kier molecular flexibility index (Phi) is 7.58. The Morgan fingerprint density at radius 3 is 2.45 bits per heavy atom. The van der Waals surface area contributed by atoms with Crippen molar-refractivity contribution >= 4 is 0 Å². The van der Waals surface area contributed by atoms with Crippen LogP contribution in [0.2, 0.25) is 0 Å². The summed E-state index contributed by atoms with van der Waals surface area (Å²) in [4.78, 5) is 16.0. The van der Waals surface area contributed by atoms with Crippen LogP contribution >= 0.6 is 0 Å². The first kappa shape index (κ1) is 18.7. The van der Waals surface area contributed by atoms with Gasteiger partial charge in [-0.15, -0.1) is 0 Å². The van der Waals surface area contributed by atoms with Gasteiger partial charge in [0.15, 0.2) is 5.75 Å². The first-order valence-corrected chi connectivity index (χ1v) is 7.79. The van der Waals surface area contributed by atoms with E-state index in [9.17, 15) is 15.0 Å². The number of aromatic nitrogens is 1. The van der Waals surface area contributed by atoms with Gasteiger partial charge < -0.3 is 24.6 Å². The fourth-order valence-corrected chi connectivity index (χ4v) is 2.37. The second kappa shape index (κ2) is 8.92. The van der Waals surface area contributed by atoms with Gasteiger partial charge in [0.25, 0.3) is 0 Å². The first-order chi connectivity index (χ1) is 10.4. The molecule has 1 heterocycles. The molecule has 126 valence electrons. The minimum absolute atomic E-state index is 0.209. The largest absolute Gasteiger partial charge is 0.503 e. The lowest BCUT2D eigenvalue weighted by Crippen LogP contribution is -2.28. The van der Waals surface area contributed by atoms with Crippen molar-refractivity contribution in [1.82, 2.24) is 14.4 Å². The van der Waals surface area contributed by atoms with Crippen molar-refractivity contribution in [2.75, 3.05) is 34.2 Å². The van der Waals surface area contributed by atoms with Gasteiger partial charge in [-0.25, -0.2) is 0 Å². The molecule has 0 aliphatic rings. The Bertz CT molecular complexity index is 526. The predicted molar refractivity (Wildman–Crippen MR) is 88.1 cm³/mol. The van der Waals surface area contributed by atoms with Gasteiger partial charge in [-0.1, -0.05) is 13.3 Å². The molecule has 0 fully saturated rings. The summed E-state index contributed by atoms with van der Waals surface area (Å²) in [5, 5.41) is 19.7. The highest BCUT2D eigenvalue weighted by atomic mass is 16.3. The molecule has 0 saturated heterocycles. The molecule has 22 heavy (non-hydrogen) atoms. The zero-order valence-electron chi connectivity index (χ0n) is 14.2. The topological polar surface area (TPSA) is 68.9 Å². The number of unbranched alkanes of at least 4 members (excludes halogenated alkanes) is 1.